The molecule has 1 N–H and O–H groups in total. The number of quaternary nitrogens is 1. The van der Waals surface area contributed by atoms with Crippen molar-refractivity contribution in [1.29, 1.82) is 0 Å². The number of aromatic nitrogens is 1. The van der Waals surface area contributed by atoms with Crippen molar-refractivity contribution in [2.45, 2.75) is 31.7 Å². The summed E-state index contributed by atoms with van der Waals surface area (Å²) in [6, 6.07) is 12.7. The highest BCUT2D eigenvalue weighted by atomic mass is 35.5. The number of anilines is 3. The van der Waals surface area contributed by atoms with E-state index in [1.54, 1.807) is 41.3 Å². The Kier molecular flexibility index (Phi) is 7.05. The van der Waals surface area contributed by atoms with Gasteiger partial charge >= 0.3 is 0 Å². The van der Waals surface area contributed by atoms with E-state index in [4.69, 9.17) is 16.0 Å². The van der Waals surface area contributed by atoms with Crippen LogP contribution in [0.4, 0.5) is 17.2 Å². The minimum absolute atomic E-state index is 0.0221. The Hall–Kier alpha value is -3.16. The third kappa shape index (κ3) is 5.32. The molecule has 1 aliphatic carbocycles. The fraction of sp³-hybridized carbons (Fsp3) is 0.346. The van der Waals surface area contributed by atoms with Gasteiger partial charge in [-0.1, -0.05) is 23.7 Å². The van der Waals surface area contributed by atoms with Crippen LogP contribution in [0.1, 0.15) is 36.0 Å². The average Bonchev–Trinajstić information content (AvgIpc) is 3.35. The lowest BCUT2D eigenvalue weighted by Gasteiger charge is -2.39. The summed E-state index contributed by atoms with van der Waals surface area (Å²) in [6.45, 7) is 0. The third-order valence-electron chi connectivity index (χ3n) is 6.48. The van der Waals surface area contributed by atoms with Crippen molar-refractivity contribution >= 4 is 40.6 Å². The van der Waals surface area contributed by atoms with Gasteiger partial charge in [0, 0.05) is 31.0 Å². The molecule has 3 aromatic rings. The summed E-state index contributed by atoms with van der Waals surface area (Å²) in [4.78, 5) is 32.8. The van der Waals surface area contributed by atoms with Crippen molar-refractivity contribution in [3.05, 3.63) is 71.8 Å². The SMILES string of the molecule is C[N+](C)(C)C1CCC(C(=O)N(c2ccoc2)c2ccccc2C(=O)Nc2ccc(Cl)cn2)CC1. The van der Waals surface area contributed by atoms with Gasteiger partial charge in [0.2, 0.25) is 5.91 Å². The van der Waals surface area contributed by atoms with Gasteiger partial charge in [-0.05, 0) is 37.1 Å². The molecule has 0 spiro atoms. The first-order chi connectivity index (χ1) is 16.2. The number of pyridine rings is 1. The minimum Gasteiger partial charge on any atom is -0.470 e. The summed E-state index contributed by atoms with van der Waals surface area (Å²) in [6.07, 6.45) is 8.14. The second-order valence-corrected chi connectivity index (χ2v) is 10.0. The topological polar surface area (TPSA) is 75.4 Å². The standard InChI is InChI=1S/C26H29ClN4O3/c1-31(2,3)21-11-8-18(9-12-21)26(33)30(20-14-15-34-17-20)23-7-5-4-6-22(23)25(32)29-24-13-10-19(27)16-28-24/h4-7,10,13-18,21H,8-9,11-12H2,1-3H3/p+1. The van der Waals surface area contributed by atoms with Crippen LogP contribution in [0.15, 0.2) is 65.6 Å². The number of carbonyl (C=O) groups is 2. The van der Waals surface area contributed by atoms with Crippen LogP contribution in [-0.4, -0.2) is 48.5 Å². The zero-order valence-corrected chi connectivity index (χ0v) is 20.5. The van der Waals surface area contributed by atoms with E-state index in [1.807, 2.05) is 6.07 Å². The summed E-state index contributed by atoms with van der Waals surface area (Å²) < 4.78 is 6.20. The number of hydrogen-bond donors (Lipinski definition) is 1. The van der Waals surface area contributed by atoms with Gasteiger partial charge in [-0.3, -0.25) is 14.5 Å². The summed E-state index contributed by atoms with van der Waals surface area (Å²) >= 11 is 5.90. The van der Waals surface area contributed by atoms with E-state index in [-0.39, 0.29) is 17.7 Å². The molecule has 2 aromatic heterocycles. The predicted octanol–water partition coefficient (Wildman–Crippen LogP) is 5.51. The molecule has 1 aromatic carbocycles. The first-order valence-electron chi connectivity index (χ1n) is 11.4. The number of carbonyl (C=O) groups excluding carboxylic acids is 2. The summed E-state index contributed by atoms with van der Waals surface area (Å²) in [7, 11) is 6.61. The van der Waals surface area contributed by atoms with E-state index >= 15 is 0 Å². The fourth-order valence-electron chi connectivity index (χ4n) is 4.54. The molecule has 2 amide bonds. The normalized spacial score (nSPS) is 18.4. The maximum atomic E-state index is 13.8. The van der Waals surface area contributed by atoms with Crippen LogP contribution in [0.2, 0.25) is 5.02 Å². The molecule has 1 fully saturated rings. The number of amides is 2. The molecular formula is C26H30ClN4O3+. The van der Waals surface area contributed by atoms with E-state index in [2.05, 4.69) is 31.4 Å². The zero-order chi connectivity index (χ0) is 24.3. The van der Waals surface area contributed by atoms with Crippen molar-refractivity contribution in [3.63, 3.8) is 0 Å². The summed E-state index contributed by atoms with van der Waals surface area (Å²) in [5.41, 5.74) is 1.48. The highest BCUT2D eigenvalue weighted by Gasteiger charge is 2.36. The van der Waals surface area contributed by atoms with E-state index in [0.29, 0.717) is 33.8 Å². The molecule has 1 aliphatic rings. The summed E-state index contributed by atoms with van der Waals surface area (Å²) in [5, 5.41) is 3.28. The number of rotatable bonds is 6. The molecule has 1 saturated carbocycles. The van der Waals surface area contributed by atoms with Gasteiger partial charge in [0.25, 0.3) is 5.91 Å². The van der Waals surface area contributed by atoms with Crippen molar-refractivity contribution < 1.29 is 18.5 Å². The van der Waals surface area contributed by atoms with Gasteiger partial charge < -0.3 is 14.2 Å². The van der Waals surface area contributed by atoms with Gasteiger partial charge in [-0.2, -0.15) is 0 Å². The Morgan fingerprint density at radius 1 is 1.06 bits per heavy atom. The predicted molar refractivity (Wildman–Crippen MR) is 133 cm³/mol. The maximum absolute atomic E-state index is 13.8. The second-order valence-electron chi connectivity index (χ2n) is 9.61. The van der Waals surface area contributed by atoms with Crippen molar-refractivity contribution in [3.8, 4) is 0 Å². The first-order valence-corrected chi connectivity index (χ1v) is 11.8. The van der Waals surface area contributed by atoms with E-state index < -0.39 is 0 Å². The Balaban J connectivity index is 1.62. The highest BCUT2D eigenvalue weighted by Crippen LogP contribution is 2.36. The molecule has 7 nitrogen and oxygen atoms in total. The van der Waals surface area contributed by atoms with Gasteiger partial charge in [-0.15, -0.1) is 0 Å². The Morgan fingerprint density at radius 3 is 2.41 bits per heavy atom. The third-order valence-corrected chi connectivity index (χ3v) is 6.71. The lowest BCUT2D eigenvalue weighted by Crippen LogP contribution is -2.48. The molecule has 0 atom stereocenters. The van der Waals surface area contributed by atoms with Crippen LogP contribution in [-0.2, 0) is 4.79 Å². The lowest BCUT2D eigenvalue weighted by atomic mass is 9.83. The molecule has 0 unspecified atom stereocenters. The van der Waals surface area contributed by atoms with Crippen LogP contribution in [0.25, 0.3) is 0 Å². The smallest absolute Gasteiger partial charge is 0.258 e. The van der Waals surface area contributed by atoms with Crippen LogP contribution >= 0.6 is 11.6 Å². The number of furan rings is 1. The van der Waals surface area contributed by atoms with E-state index in [0.717, 1.165) is 30.2 Å². The van der Waals surface area contributed by atoms with Crippen molar-refractivity contribution in [1.82, 2.24) is 4.98 Å². The molecule has 0 saturated heterocycles. The van der Waals surface area contributed by atoms with E-state index in [1.165, 1.54) is 18.7 Å². The Bertz CT molecular complexity index is 1130. The second kappa shape index (κ2) is 9.99. The van der Waals surface area contributed by atoms with Gasteiger partial charge in [0.05, 0.1) is 55.4 Å². The number of nitrogens with zero attached hydrogens (tertiary/aromatic N) is 3. The lowest BCUT2D eigenvalue weighted by molar-refractivity contribution is -0.897. The monoisotopic (exact) mass is 481 g/mol. The molecule has 178 valence electrons. The first kappa shape index (κ1) is 24.0. The van der Waals surface area contributed by atoms with E-state index in [9.17, 15) is 9.59 Å². The molecule has 0 bridgehead atoms. The van der Waals surface area contributed by atoms with Crippen LogP contribution in [0, 0.1) is 5.92 Å². The van der Waals surface area contributed by atoms with Gasteiger partial charge in [-0.25, -0.2) is 4.98 Å². The molecule has 0 aliphatic heterocycles. The fourth-order valence-corrected chi connectivity index (χ4v) is 4.66. The summed E-state index contributed by atoms with van der Waals surface area (Å²) in [5.74, 6) is -0.123. The zero-order valence-electron chi connectivity index (χ0n) is 19.7. The van der Waals surface area contributed by atoms with Crippen molar-refractivity contribution in [2.24, 2.45) is 5.92 Å². The van der Waals surface area contributed by atoms with Crippen molar-refractivity contribution in [2.75, 3.05) is 31.4 Å². The highest BCUT2D eigenvalue weighted by molar-refractivity contribution is 6.30. The molecule has 2 heterocycles. The number of para-hydroxylation sites is 1. The average molecular weight is 482 g/mol. The minimum atomic E-state index is -0.361. The Morgan fingerprint density at radius 2 is 1.79 bits per heavy atom. The number of benzene rings is 1. The molecule has 0 radical (unpaired) electrons. The van der Waals surface area contributed by atoms with Gasteiger partial charge in [0.1, 0.15) is 12.1 Å². The maximum Gasteiger partial charge on any atom is 0.258 e. The number of halogens is 1. The largest absolute Gasteiger partial charge is 0.470 e. The van der Waals surface area contributed by atoms with Crippen LogP contribution in [0.3, 0.4) is 0 Å². The number of nitrogens with one attached hydrogen (secondary N) is 1. The Labute approximate surface area is 204 Å². The van der Waals surface area contributed by atoms with Crippen LogP contribution in [0.5, 0.6) is 0 Å². The number of hydrogen-bond acceptors (Lipinski definition) is 4. The molecule has 34 heavy (non-hydrogen) atoms. The molecule has 8 heteroatoms. The quantitative estimate of drug-likeness (QED) is 0.471. The molecular weight excluding hydrogens is 452 g/mol. The van der Waals surface area contributed by atoms with Gasteiger partial charge in [0.15, 0.2) is 0 Å². The van der Waals surface area contributed by atoms with Crippen LogP contribution < -0.4 is 10.2 Å². The molecule has 4 rings (SSSR count).